The van der Waals surface area contributed by atoms with Crippen molar-refractivity contribution in [1.82, 2.24) is 4.90 Å². The molecule has 0 spiro atoms. The summed E-state index contributed by atoms with van der Waals surface area (Å²) in [7, 11) is 0. The van der Waals surface area contributed by atoms with Crippen LogP contribution < -0.4 is 0 Å². The van der Waals surface area contributed by atoms with E-state index in [4.69, 9.17) is 5.11 Å². The Hall–Kier alpha value is -1.06. The van der Waals surface area contributed by atoms with E-state index in [1.165, 1.54) is 32.1 Å². The lowest BCUT2D eigenvalue weighted by atomic mass is 9.54. The predicted molar refractivity (Wildman–Crippen MR) is 65.9 cm³/mol. The van der Waals surface area contributed by atoms with Crippen molar-refractivity contribution in [2.45, 2.75) is 44.6 Å². The third kappa shape index (κ3) is 2.02. The fourth-order valence-electron chi connectivity index (χ4n) is 4.93. The van der Waals surface area contributed by atoms with Crippen LogP contribution in [0.2, 0.25) is 0 Å². The normalized spacial score (nSPS) is 40.8. The minimum atomic E-state index is -0.814. The van der Waals surface area contributed by atoms with E-state index in [2.05, 4.69) is 0 Å². The molecular formula is C14H21NO3. The fraction of sp³-hybridized carbons (Fsp3) is 0.857. The lowest BCUT2D eigenvalue weighted by Gasteiger charge is -2.56. The zero-order valence-electron chi connectivity index (χ0n) is 10.6. The maximum atomic E-state index is 11.3. The molecule has 4 aliphatic rings. The Bertz CT molecular complexity index is 327. The molecule has 0 unspecified atom stereocenters. The van der Waals surface area contributed by atoms with Crippen molar-refractivity contribution in [3.63, 3.8) is 0 Å². The van der Waals surface area contributed by atoms with Crippen LogP contribution in [0.15, 0.2) is 0 Å². The quantitative estimate of drug-likeness (QED) is 0.757. The molecule has 0 radical (unpaired) electrons. The van der Waals surface area contributed by atoms with E-state index >= 15 is 0 Å². The van der Waals surface area contributed by atoms with Crippen LogP contribution in [-0.2, 0) is 9.59 Å². The van der Waals surface area contributed by atoms with Gasteiger partial charge in [0.25, 0.3) is 0 Å². The summed E-state index contributed by atoms with van der Waals surface area (Å²) in [5.74, 6) is 2.24. The number of hydrogen-bond donors (Lipinski definition) is 1. The first-order valence-corrected chi connectivity index (χ1v) is 7.10. The lowest BCUT2D eigenvalue weighted by Crippen LogP contribution is -2.55. The zero-order valence-corrected chi connectivity index (χ0v) is 10.6. The molecule has 0 aromatic carbocycles. The molecule has 4 rings (SSSR count). The second-order valence-corrected chi connectivity index (χ2v) is 6.41. The summed E-state index contributed by atoms with van der Waals surface area (Å²) < 4.78 is 0. The number of carbonyl (C=O) groups excluding carboxylic acids is 1. The van der Waals surface area contributed by atoms with E-state index in [-0.39, 0.29) is 6.42 Å². The molecule has 0 heterocycles. The molecule has 4 fully saturated rings. The van der Waals surface area contributed by atoms with Crippen molar-refractivity contribution in [3.8, 4) is 0 Å². The van der Waals surface area contributed by atoms with Gasteiger partial charge in [-0.3, -0.25) is 9.59 Å². The molecule has 0 atom stereocenters. The predicted octanol–water partition coefficient (Wildman–Crippen LogP) is 1.74. The molecule has 1 amide bonds. The van der Waals surface area contributed by atoms with Crippen molar-refractivity contribution in [2.75, 3.05) is 6.54 Å². The van der Waals surface area contributed by atoms with Gasteiger partial charge in [0, 0.05) is 12.6 Å². The number of carbonyl (C=O) groups is 2. The van der Waals surface area contributed by atoms with Crippen LogP contribution in [0.3, 0.4) is 0 Å². The molecule has 4 aliphatic carbocycles. The number of hydrogen-bond acceptors (Lipinski definition) is 2. The molecule has 0 aromatic heterocycles. The van der Waals surface area contributed by atoms with E-state index in [0.717, 1.165) is 18.2 Å². The molecule has 0 saturated heterocycles. The second-order valence-electron chi connectivity index (χ2n) is 6.41. The van der Waals surface area contributed by atoms with Crippen molar-refractivity contribution in [1.29, 1.82) is 0 Å². The fourth-order valence-corrected chi connectivity index (χ4v) is 4.93. The average molecular weight is 251 g/mol. The number of rotatable bonds is 5. The lowest BCUT2D eigenvalue weighted by molar-refractivity contribution is -0.139. The van der Waals surface area contributed by atoms with Crippen LogP contribution in [0.4, 0.5) is 0 Å². The Labute approximate surface area is 107 Å². The van der Waals surface area contributed by atoms with Gasteiger partial charge in [0.1, 0.15) is 0 Å². The van der Waals surface area contributed by atoms with E-state index in [0.29, 0.717) is 24.4 Å². The molecule has 18 heavy (non-hydrogen) atoms. The van der Waals surface area contributed by atoms with Gasteiger partial charge in [-0.05, 0) is 55.8 Å². The van der Waals surface area contributed by atoms with Gasteiger partial charge in [-0.2, -0.15) is 0 Å². The first-order valence-electron chi connectivity index (χ1n) is 7.10. The highest BCUT2D eigenvalue weighted by atomic mass is 16.4. The number of amides is 1. The number of carboxylic acids is 1. The van der Waals surface area contributed by atoms with Crippen LogP contribution >= 0.6 is 0 Å². The van der Waals surface area contributed by atoms with Crippen molar-refractivity contribution >= 4 is 12.4 Å². The smallest absolute Gasteiger partial charge is 0.305 e. The molecular weight excluding hydrogens is 230 g/mol. The highest BCUT2D eigenvalue weighted by Gasteiger charge is 2.49. The standard InChI is InChI=1S/C14H21NO3/c16-8-15(2-1-13(17)18)14-11-4-9-3-10(6-11)7-12(14)5-9/h8-12,14H,1-7H2,(H,17,18). The van der Waals surface area contributed by atoms with Crippen LogP contribution in [0.25, 0.3) is 0 Å². The Morgan fingerprint density at radius 2 is 1.67 bits per heavy atom. The number of nitrogens with zero attached hydrogens (tertiary/aromatic N) is 1. The van der Waals surface area contributed by atoms with E-state index in [1.807, 2.05) is 0 Å². The van der Waals surface area contributed by atoms with Gasteiger partial charge in [-0.15, -0.1) is 0 Å². The van der Waals surface area contributed by atoms with Crippen LogP contribution in [0, 0.1) is 23.7 Å². The maximum Gasteiger partial charge on any atom is 0.305 e. The average Bonchev–Trinajstić information content (AvgIpc) is 2.31. The second kappa shape index (κ2) is 4.56. The van der Waals surface area contributed by atoms with Crippen LogP contribution in [0.1, 0.15) is 38.5 Å². The van der Waals surface area contributed by atoms with E-state index in [9.17, 15) is 9.59 Å². The molecule has 4 saturated carbocycles. The summed E-state index contributed by atoms with van der Waals surface area (Å²) in [4.78, 5) is 23.7. The first-order chi connectivity index (χ1) is 8.67. The topological polar surface area (TPSA) is 57.6 Å². The van der Waals surface area contributed by atoms with Gasteiger partial charge in [-0.25, -0.2) is 0 Å². The van der Waals surface area contributed by atoms with Gasteiger partial charge in [0.05, 0.1) is 6.42 Å². The van der Waals surface area contributed by atoms with Gasteiger partial charge in [0.2, 0.25) is 6.41 Å². The Morgan fingerprint density at radius 1 is 1.11 bits per heavy atom. The molecule has 1 N–H and O–H groups in total. The van der Waals surface area contributed by atoms with E-state index in [1.54, 1.807) is 4.90 Å². The van der Waals surface area contributed by atoms with Crippen LogP contribution in [-0.4, -0.2) is 35.0 Å². The molecule has 4 nitrogen and oxygen atoms in total. The Morgan fingerprint density at radius 3 is 2.11 bits per heavy atom. The van der Waals surface area contributed by atoms with Gasteiger partial charge < -0.3 is 10.0 Å². The van der Waals surface area contributed by atoms with Gasteiger partial charge in [0.15, 0.2) is 0 Å². The third-order valence-electron chi connectivity index (χ3n) is 5.28. The zero-order chi connectivity index (χ0) is 12.7. The van der Waals surface area contributed by atoms with Crippen molar-refractivity contribution in [3.05, 3.63) is 0 Å². The summed E-state index contributed by atoms with van der Waals surface area (Å²) in [5.41, 5.74) is 0. The highest BCUT2D eigenvalue weighted by molar-refractivity contribution is 5.67. The van der Waals surface area contributed by atoms with Gasteiger partial charge >= 0.3 is 5.97 Å². The molecule has 100 valence electrons. The summed E-state index contributed by atoms with van der Waals surface area (Å²) in [5, 5.41) is 8.77. The molecule has 4 heteroatoms. The minimum absolute atomic E-state index is 0.0710. The maximum absolute atomic E-state index is 11.3. The minimum Gasteiger partial charge on any atom is -0.481 e. The molecule has 0 aromatic rings. The van der Waals surface area contributed by atoms with Crippen LogP contribution in [0.5, 0.6) is 0 Å². The summed E-state index contributed by atoms with van der Waals surface area (Å²) in [6, 6.07) is 0.328. The Balaban J connectivity index is 1.70. The molecule has 4 bridgehead atoms. The summed E-state index contributed by atoms with van der Waals surface area (Å²) in [6.07, 6.45) is 7.39. The van der Waals surface area contributed by atoms with Crippen molar-refractivity contribution in [2.24, 2.45) is 23.7 Å². The highest BCUT2D eigenvalue weighted by Crippen LogP contribution is 2.54. The summed E-state index contributed by atoms with van der Waals surface area (Å²) >= 11 is 0. The number of aliphatic carboxylic acids is 1. The first kappa shape index (κ1) is 12.0. The van der Waals surface area contributed by atoms with E-state index < -0.39 is 5.97 Å². The van der Waals surface area contributed by atoms with Crippen molar-refractivity contribution < 1.29 is 14.7 Å². The molecule has 0 aliphatic heterocycles. The Kier molecular flexibility index (Phi) is 3.04. The number of carboxylic acid groups (broad SMARTS) is 1. The van der Waals surface area contributed by atoms with Gasteiger partial charge in [-0.1, -0.05) is 0 Å². The third-order valence-corrected chi connectivity index (χ3v) is 5.28. The summed E-state index contributed by atoms with van der Waals surface area (Å²) in [6.45, 7) is 0.381. The SMILES string of the molecule is O=CN(CCC(=O)O)C1C2CC3CC(C2)CC1C3. The monoisotopic (exact) mass is 251 g/mol. The largest absolute Gasteiger partial charge is 0.481 e.